The van der Waals surface area contributed by atoms with Gasteiger partial charge in [0.1, 0.15) is 11.6 Å². The molecule has 158 valence electrons. The number of hydrogen-bond acceptors (Lipinski definition) is 4. The second kappa shape index (κ2) is 8.42. The van der Waals surface area contributed by atoms with Gasteiger partial charge in [0.15, 0.2) is 0 Å². The first-order valence-electron chi connectivity index (χ1n) is 10.8. The molecule has 2 heterocycles. The average Bonchev–Trinajstić information content (AvgIpc) is 2.91. The Morgan fingerprint density at radius 1 is 1.07 bits per heavy atom. The zero-order chi connectivity index (χ0) is 21.3. The zero-order valence-electron chi connectivity index (χ0n) is 17.9. The third-order valence-corrected chi connectivity index (χ3v) is 6.09. The van der Waals surface area contributed by atoms with Gasteiger partial charge in [-0.2, -0.15) is 10.2 Å². The number of nitrogens with zero attached hydrogens (tertiary/aromatic N) is 4. The number of para-hydroxylation sites is 1. The Kier molecular flexibility index (Phi) is 5.70. The first-order chi connectivity index (χ1) is 14.5. The third kappa shape index (κ3) is 3.76. The first-order valence-corrected chi connectivity index (χ1v) is 10.8. The van der Waals surface area contributed by atoms with Gasteiger partial charge in [-0.25, -0.2) is 9.36 Å². The standard InChI is InChI=1S/C23H29N5O2/c1-15-21-20(16(2)27(26-21)19-13-9-6-10-14-19)23(30)28(25-15)17(3)22(29)24-18-11-7-4-5-8-12-18/h6,9-10,13-14,17-18H,4-5,7-8,11-12H2,1-3H3,(H,24,29)/t17-/m0/s1. The molecule has 1 aromatic carbocycles. The van der Waals surface area contributed by atoms with E-state index in [1.54, 1.807) is 11.6 Å². The molecule has 1 aliphatic rings. The van der Waals surface area contributed by atoms with Crippen molar-refractivity contribution in [2.45, 2.75) is 71.4 Å². The van der Waals surface area contributed by atoms with E-state index in [-0.39, 0.29) is 17.5 Å². The van der Waals surface area contributed by atoms with Crippen molar-refractivity contribution in [2.24, 2.45) is 0 Å². The SMILES string of the molecule is Cc1nn([C@@H](C)C(=O)NC2CCCCCC2)c(=O)c2c(C)n(-c3ccccc3)nc12. The molecule has 7 nitrogen and oxygen atoms in total. The number of aryl methyl sites for hydroxylation is 2. The molecule has 0 radical (unpaired) electrons. The van der Waals surface area contributed by atoms with E-state index in [4.69, 9.17) is 0 Å². The predicted octanol–water partition coefficient (Wildman–Crippen LogP) is 3.60. The van der Waals surface area contributed by atoms with Gasteiger partial charge in [-0.1, -0.05) is 43.9 Å². The molecule has 1 amide bonds. The summed E-state index contributed by atoms with van der Waals surface area (Å²) < 4.78 is 3.08. The summed E-state index contributed by atoms with van der Waals surface area (Å²) in [4.78, 5) is 26.2. The lowest BCUT2D eigenvalue weighted by Crippen LogP contribution is -2.42. The van der Waals surface area contributed by atoms with Crippen LogP contribution >= 0.6 is 0 Å². The van der Waals surface area contributed by atoms with Crippen LogP contribution in [0.15, 0.2) is 35.1 Å². The van der Waals surface area contributed by atoms with Gasteiger partial charge in [0.25, 0.3) is 5.56 Å². The van der Waals surface area contributed by atoms with E-state index in [2.05, 4.69) is 15.5 Å². The minimum Gasteiger partial charge on any atom is -0.352 e. The van der Waals surface area contributed by atoms with Gasteiger partial charge in [0.2, 0.25) is 5.91 Å². The van der Waals surface area contributed by atoms with Crippen molar-refractivity contribution in [3.05, 3.63) is 52.1 Å². The summed E-state index contributed by atoms with van der Waals surface area (Å²) in [6, 6.07) is 9.21. The van der Waals surface area contributed by atoms with Crippen LogP contribution < -0.4 is 10.9 Å². The van der Waals surface area contributed by atoms with Crippen molar-refractivity contribution < 1.29 is 4.79 Å². The molecular weight excluding hydrogens is 378 g/mol. The Morgan fingerprint density at radius 2 is 1.73 bits per heavy atom. The molecule has 0 saturated heterocycles. The summed E-state index contributed by atoms with van der Waals surface area (Å²) in [6.07, 6.45) is 6.73. The minimum atomic E-state index is -0.677. The molecule has 0 aliphatic heterocycles. The molecule has 0 bridgehead atoms. The fourth-order valence-corrected chi connectivity index (χ4v) is 4.32. The molecule has 0 spiro atoms. The molecule has 3 aromatic rings. The molecule has 2 aromatic heterocycles. The summed E-state index contributed by atoms with van der Waals surface area (Å²) in [5, 5.41) is 12.7. The molecule has 4 rings (SSSR count). The molecule has 7 heteroatoms. The van der Waals surface area contributed by atoms with E-state index < -0.39 is 6.04 Å². The topological polar surface area (TPSA) is 81.8 Å². The van der Waals surface area contributed by atoms with Crippen LogP contribution in [0.2, 0.25) is 0 Å². The molecule has 1 saturated carbocycles. The number of amides is 1. The van der Waals surface area contributed by atoms with Crippen LogP contribution in [0.25, 0.3) is 16.6 Å². The fourth-order valence-electron chi connectivity index (χ4n) is 4.32. The summed E-state index contributed by atoms with van der Waals surface area (Å²) in [7, 11) is 0. The lowest BCUT2D eigenvalue weighted by atomic mass is 10.1. The Morgan fingerprint density at radius 3 is 2.40 bits per heavy atom. The second-order valence-electron chi connectivity index (χ2n) is 8.26. The van der Waals surface area contributed by atoms with E-state index in [0.717, 1.165) is 37.1 Å². The van der Waals surface area contributed by atoms with Crippen molar-refractivity contribution in [1.82, 2.24) is 24.9 Å². The predicted molar refractivity (Wildman–Crippen MR) is 117 cm³/mol. The maximum Gasteiger partial charge on any atom is 0.278 e. The number of benzene rings is 1. The number of carbonyl (C=O) groups excluding carboxylic acids is 1. The molecule has 1 N–H and O–H groups in total. The van der Waals surface area contributed by atoms with Gasteiger partial charge < -0.3 is 5.32 Å². The number of nitrogens with one attached hydrogen (secondary N) is 1. The Labute approximate surface area is 176 Å². The second-order valence-corrected chi connectivity index (χ2v) is 8.26. The Balaban J connectivity index is 1.69. The van der Waals surface area contributed by atoms with Crippen LogP contribution in [0.1, 0.15) is 62.9 Å². The van der Waals surface area contributed by atoms with Crippen LogP contribution in [0.4, 0.5) is 0 Å². The number of hydrogen-bond donors (Lipinski definition) is 1. The Bertz CT molecular complexity index is 1110. The van der Waals surface area contributed by atoms with Gasteiger partial charge in [-0.3, -0.25) is 9.59 Å². The smallest absolute Gasteiger partial charge is 0.278 e. The zero-order valence-corrected chi connectivity index (χ0v) is 17.9. The van der Waals surface area contributed by atoms with Crippen molar-refractivity contribution >= 4 is 16.8 Å². The summed E-state index contributed by atoms with van der Waals surface area (Å²) in [5.41, 5.74) is 2.57. The Hall–Kier alpha value is -2.96. The molecule has 30 heavy (non-hydrogen) atoms. The highest BCUT2D eigenvalue weighted by Crippen LogP contribution is 2.21. The monoisotopic (exact) mass is 407 g/mol. The van der Waals surface area contributed by atoms with E-state index in [1.165, 1.54) is 17.5 Å². The summed E-state index contributed by atoms with van der Waals surface area (Å²) in [6.45, 7) is 5.45. The quantitative estimate of drug-likeness (QED) is 0.670. The van der Waals surface area contributed by atoms with Crippen LogP contribution in [0, 0.1) is 13.8 Å². The number of rotatable bonds is 4. The average molecular weight is 408 g/mol. The van der Waals surface area contributed by atoms with E-state index >= 15 is 0 Å². The lowest BCUT2D eigenvalue weighted by molar-refractivity contribution is -0.125. The maximum absolute atomic E-state index is 13.3. The number of fused-ring (bicyclic) bond motifs is 1. The van der Waals surface area contributed by atoms with E-state index in [1.807, 2.05) is 44.2 Å². The normalized spacial score (nSPS) is 16.4. The fraction of sp³-hybridized carbons (Fsp3) is 0.478. The largest absolute Gasteiger partial charge is 0.352 e. The van der Waals surface area contributed by atoms with Crippen molar-refractivity contribution in [1.29, 1.82) is 0 Å². The molecule has 1 fully saturated rings. The van der Waals surface area contributed by atoms with Crippen molar-refractivity contribution in [3.63, 3.8) is 0 Å². The minimum absolute atomic E-state index is 0.150. The molecule has 1 aliphatic carbocycles. The van der Waals surface area contributed by atoms with Gasteiger partial charge in [-0.05, 0) is 45.7 Å². The van der Waals surface area contributed by atoms with Crippen LogP contribution in [0.5, 0.6) is 0 Å². The van der Waals surface area contributed by atoms with E-state index in [9.17, 15) is 9.59 Å². The third-order valence-electron chi connectivity index (χ3n) is 6.09. The van der Waals surface area contributed by atoms with Crippen molar-refractivity contribution in [3.8, 4) is 5.69 Å². The highest BCUT2D eigenvalue weighted by atomic mass is 16.2. The van der Waals surface area contributed by atoms with Gasteiger partial charge in [0, 0.05) is 6.04 Å². The highest BCUT2D eigenvalue weighted by molar-refractivity contribution is 5.84. The number of carbonyl (C=O) groups is 1. The van der Waals surface area contributed by atoms with Gasteiger partial charge >= 0.3 is 0 Å². The summed E-state index contributed by atoms with van der Waals surface area (Å²) >= 11 is 0. The molecule has 1 atom stereocenters. The number of aromatic nitrogens is 4. The first kappa shape index (κ1) is 20.3. The maximum atomic E-state index is 13.3. The summed E-state index contributed by atoms with van der Waals surface area (Å²) in [5.74, 6) is -0.150. The van der Waals surface area contributed by atoms with Crippen molar-refractivity contribution in [2.75, 3.05) is 0 Å². The van der Waals surface area contributed by atoms with Crippen LogP contribution in [0.3, 0.4) is 0 Å². The van der Waals surface area contributed by atoms with Crippen LogP contribution in [-0.2, 0) is 4.79 Å². The lowest BCUT2D eigenvalue weighted by Gasteiger charge is -2.20. The van der Waals surface area contributed by atoms with Crippen LogP contribution in [-0.4, -0.2) is 31.5 Å². The van der Waals surface area contributed by atoms with Gasteiger partial charge in [-0.15, -0.1) is 0 Å². The molecule has 0 unspecified atom stereocenters. The van der Waals surface area contributed by atoms with Gasteiger partial charge in [0.05, 0.1) is 22.5 Å². The molecular formula is C23H29N5O2. The highest BCUT2D eigenvalue weighted by Gasteiger charge is 2.25. The van der Waals surface area contributed by atoms with E-state index in [0.29, 0.717) is 16.6 Å².